The third-order valence-electron chi connectivity index (χ3n) is 2.91. The highest BCUT2D eigenvalue weighted by Crippen LogP contribution is 2.13. The second kappa shape index (κ2) is 6.95. The fraction of sp³-hybridized carbons (Fsp3) is 0.286. The lowest BCUT2D eigenvalue weighted by molar-refractivity contribution is -0.133. The smallest absolute Gasteiger partial charge is 0.293 e. The van der Waals surface area contributed by atoms with Crippen LogP contribution in [-0.4, -0.2) is 22.8 Å². The summed E-state index contributed by atoms with van der Waals surface area (Å²) in [5, 5.41) is 6.63. The minimum Gasteiger partial charge on any atom is -0.464 e. The minimum absolute atomic E-state index is 0.183. The number of alkyl halides is 1. The second-order valence-electron chi connectivity index (χ2n) is 4.32. The molecule has 0 aliphatic carbocycles. The number of carbonyl (C=O) groups excluding carboxylic acids is 1. The number of aromatic nitrogens is 2. The van der Waals surface area contributed by atoms with Gasteiger partial charge in [0.15, 0.2) is 0 Å². The van der Waals surface area contributed by atoms with Gasteiger partial charge in [0.25, 0.3) is 6.47 Å². The molecule has 1 unspecified atom stereocenters. The fourth-order valence-electron chi connectivity index (χ4n) is 1.93. The summed E-state index contributed by atoms with van der Waals surface area (Å²) in [7, 11) is 0. The normalized spacial score (nSPS) is 12.1. The SMILES string of the molecule is O=COC(Cc1ccc(CCl)cc1)Cc1cn[nH]c1. The molecule has 1 aromatic carbocycles. The molecule has 0 amide bonds. The van der Waals surface area contributed by atoms with Crippen LogP contribution in [0, 0.1) is 0 Å². The summed E-state index contributed by atoms with van der Waals surface area (Å²) in [6, 6.07) is 7.98. The van der Waals surface area contributed by atoms with Crippen LogP contribution in [0.15, 0.2) is 36.7 Å². The van der Waals surface area contributed by atoms with Gasteiger partial charge in [0.1, 0.15) is 6.10 Å². The van der Waals surface area contributed by atoms with Gasteiger partial charge < -0.3 is 4.74 Å². The fourth-order valence-corrected chi connectivity index (χ4v) is 2.10. The molecule has 0 fully saturated rings. The van der Waals surface area contributed by atoms with Gasteiger partial charge in [-0.1, -0.05) is 24.3 Å². The second-order valence-corrected chi connectivity index (χ2v) is 4.59. The van der Waals surface area contributed by atoms with Crippen molar-refractivity contribution in [3.8, 4) is 0 Å². The highest BCUT2D eigenvalue weighted by Gasteiger charge is 2.12. The zero-order valence-corrected chi connectivity index (χ0v) is 11.1. The Bertz CT molecular complexity index is 497. The molecule has 0 spiro atoms. The number of aromatic amines is 1. The Morgan fingerprint density at radius 3 is 2.47 bits per heavy atom. The third kappa shape index (κ3) is 4.10. The van der Waals surface area contributed by atoms with Crippen molar-refractivity contribution in [1.29, 1.82) is 0 Å². The van der Waals surface area contributed by atoms with Gasteiger partial charge >= 0.3 is 0 Å². The molecular weight excluding hydrogens is 264 g/mol. The van der Waals surface area contributed by atoms with Crippen LogP contribution < -0.4 is 0 Å². The summed E-state index contributed by atoms with van der Waals surface area (Å²) in [5.41, 5.74) is 3.21. The number of carbonyl (C=O) groups is 1. The number of halogens is 1. The standard InChI is InChI=1S/C14H15ClN2O2/c15-7-12-3-1-11(2-4-12)5-14(19-10-18)6-13-8-16-17-9-13/h1-4,8-10,14H,5-7H2,(H,16,17). The molecule has 2 aromatic rings. The first kappa shape index (κ1) is 13.6. The molecule has 1 aromatic heterocycles. The van der Waals surface area contributed by atoms with Crippen molar-refractivity contribution in [3.63, 3.8) is 0 Å². The summed E-state index contributed by atoms with van der Waals surface area (Å²) >= 11 is 5.75. The number of ether oxygens (including phenoxy) is 1. The molecule has 4 nitrogen and oxygen atoms in total. The van der Waals surface area contributed by atoms with Crippen LogP contribution in [0.5, 0.6) is 0 Å². The first-order valence-corrected chi connectivity index (χ1v) is 6.56. The van der Waals surface area contributed by atoms with Gasteiger partial charge in [-0.15, -0.1) is 11.6 Å². The topological polar surface area (TPSA) is 55.0 Å². The highest BCUT2D eigenvalue weighted by atomic mass is 35.5. The molecule has 0 bridgehead atoms. The van der Waals surface area contributed by atoms with E-state index in [0.717, 1.165) is 16.7 Å². The van der Waals surface area contributed by atoms with Crippen molar-refractivity contribution < 1.29 is 9.53 Å². The van der Waals surface area contributed by atoms with Crippen molar-refractivity contribution in [2.45, 2.75) is 24.8 Å². The number of benzene rings is 1. The van der Waals surface area contributed by atoms with E-state index in [-0.39, 0.29) is 6.10 Å². The molecule has 0 aliphatic rings. The number of nitrogens with one attached hydrogen (secondary N) is 1. The lowest BCUT2D eigenvalue weighted by Gasteiger charge is -2.14. The summed E-state index contributed by atoms with van der Waals surface area (Å²) < 4.78 is 5.13. The Morgan fingerprint density at radius 1 is 1.21 bits per heavy atom. The molecule has 0 saturated carbocycles. The molecule has 0 radical (unpaired) electrons. The summed E-state index contributed by atoms with van der Waals surface area (Å²) in [6.45, 7) is 0.498. The van der Waals surface area contributed by atoms with Gasteiger partial charge in [-0.05, 0) is 16.7 Å². The van der Waals surface area contributed by atoms with Crippen molar-refractivity contribution in [1.82, 2.24) is 10.2 Å². The Hall–Kier alpha value is -1.81. The Labute approximate surface area is 116 Å². The molecule has 1 heterocycles. The lowest BCUT2D eigenvalue weighted by atomic mass is 10.0. The van der Waals surface area contributed by atoms with Gasteiger partial charge in [0, 0.05) is 24.9 Å². The third-order valence-corrected chi connectivity index (χ3v) is 3.22. The Morgan fingerprint density at radius 2 is 1.89 bits per heavy atom. The van der Waals surface area contributed by atoms with Gasteiger partial charge in [0.2, 0.25) is 0 Å². The van der Waals surface area contributed by atoms with Crippen LogP contribution in [0.1, 0.15) is 16.7 Å². The molecule has 5 heteroatoms. The number of H-pyrrole nitrogens is 1. The van der Waals surface area contributed by atoms with E-state index < -0.39 is 0 Å². The lowest BCUT2D eigenvalue weighted by Crippen LogP contribution is -2.18. The van der Waals surface area contributed by atoms with Crippen molar-refractivity contribution in [3.05, 3.63) is 53.3 Å². The van der Waals surface area contributed by atoms with Gasteiger partial charge in [0.05, 0.1) is 6.20 Å². The van der Waals surface area contributed by atoms with Crippen LogP contribution in [0.2, 0.25) is 0 Å². The molecule has 1 N–H and O–H groups in total. The van der Waals surface area contributed by atoms with E-state index in [2.05, 4.69) is 10.2 Å². The number of nitrogens with zero attached hydrogens (tertiary/aromatic N) is 1. The maximum atomic E-state index is 10.6. The van der Waals surface area contributed by atoms with E-state index >= 15 is 0 Å². The van der Waals surface area contributed by atoms with Crippen molar-refractivity contribution >= 4 is 18.1 Å². The van der Waals surface area contributed by atoms with E-state index in [1.807, 2.05) is 24.3 Å². The van der Waals surface area contributed by atoms with Crippen LogP contribution in [0.25, 0.3) is 0 Å². The molecular formula is C14H15ClN2O2. The van der Waals surface area contributed by atoms with E-state index in [1.54, 1.807) is 12.4 Å². The average Bonchev–Trinajstić information content (AvgIpc) is 2.93. The zero-order valence-electron chi connectivity index (χ0n) is 10.4. The van der Waals surface area contributed by atoms with Gasteiger partial charge in [-0.25, -0.2) is 0 Å². The maximum Gasteiger partial charge on any atom is 0.293 e. The van der Waals surface area contributed by atoms with Crippen LogP contribution in [0.4, 0.5) is 0 Å². The summed E-state index contributed by atoms with van der Waals surface area (Å²) in [5.74, 6) is 0.504. The first-order valence-electron chi connectivity index (χ1n) is 6.02. The highest BCUT2D eigenvalue weighted by molar-refractivity contribution is 6.17. The average molecular weight is 279 g/mol. The molecule has 0 aliphatic heterocycles. The Balaban J connectivity index is 2.00. The van der Waals surface area contributed by atoms with E-state index in [1.165, 1.54) is 0 Å². The van der Waals surface area contributed by atoms with Crippen molar-refractivity contribution in [2.24, 2.45) is 0 Å². The van der Waals surface area contributed by atoms with Crippen LogP contribution >= 0.6 is 11.6 Å². The summed E-state index contributed by atoms with van der Waals surface area (Å²) in [6.07, 6.45) is 4.67. The van der Waals surface area contributed by atoms with E-state index in [4.69, 9.17) is 16.3 Å². The molecule has 0 saturated heterocycles. The molecule has 19 heavy (non-hydrogen) atoms. The van der Waals surface area contributed by atoms with Crippen LogP contribution in [-0.2, 0) is 28.3 Å². The quantitative estimate of drug-likeness (QED) is 0.625. The maximum absolute atomic E-state index is 10.6. The van der Waals surface area contributed by atoms with E-state index in [0.29, 0.717) is 25.2 Å². The Kier molecular flexibility index (Phi) is 4.98. The van der Waals surface area contributed by atoms with Gasteiger partial charge in [-0.2, -0.15) is 5.10 Å². The van der Waals surface area contributed by atoms with E-state index in [9.17, 15) is 4.79 Å². The minimum atomic E-state index is -0.183. The molecule has 2 rings (SSSR count). The first-order chi connectivity index (χ1) is 9.31. The predicted molar refractivity (Wildman–Crippen MR) is 72.9 cm³/mol. The summed E-state index contributed by atoms with van der Waals surface area (Å²) in [4.78, 5) is 10.6. The predicted octanol–water partition coefficient (Wildman–Crippen LogP) is 2.48. The molecule has 1 atom stereocenters. The number of hydrogen-bond donors (Lipinski definition) is 1. The largest absolute Gasteiger partial charge is 0.464 e. The number of hydrogen-bond acceptors (Lipinski definition) is 3. The van der Waals surface area contributed by atoms with Crippen molar-refractivity contribution in [2.75, 3.05) is 0 Å². The number of rotatable bonds is 7. The van der Waals surface area contributed by atoms with Crippen LogP contribution in [0.3, 0.4) is 0 Å². The zero-order chi connectivity index (χ0) is 13.5. The molecule has 100 valence electrons. The van der Waals surface area contributed by atoms with Gasteiger partial charge in [-0.3, -0.25) is 9.89 Å². The monoisotopic (exact) mass is 278 g/mol.